The lowest BCUT2D eigenvalue weighted by Crippen LogP contribution is -2.75. The van der Waals surface area contributed by atoms with E-state index in [2.05, 4.69) is 0 Å². The summed E-state index contributed by atoms with van der Waals surface area (Å²) < 4.78 is 18.2. The van der Waals surface area contributed by atoms with Gasteiger partial charge in [0.1, 0.15) is 5.60 Å². The van der Waals surface area contributed by atoms with Gasteiger partial charge in [0, 0.05) is 25.5 Å². The summed E-state index contributed by atoms with van der Waals surface area (Å²) in [5.74, 6) is -0.726. The van der Waals surface area contributed by atoms with E-state index in [1.165, 1.54) is 6.08 Å². The number of esters is 1. The van der Waals surface area contributed by atoms with E-state index in [-0.39, 0.29) is 11.7 Å². The summed E-state index contributed by atoms with van der Waals surface area (Å²) in [6, 6.07) is 0. The fourth-order valence-corrected chi connectivity index (χ4v) is 5.23. The van der Waals surface area contributed by atoms with Crippen molar-refractivity contribution >= 4 is 11.8 Å². The molecule has 4 atom stereocenters. The Morgan fingerprint density at radius 3 is 2.68 bits per heavy atom. The second-order valence-electron chi connectivity index (χ2n) is 8.29. The van der Waals surface area contributed by atoms with Crippen molar-refractivity contribution in [1.82, 2.24) is 0 Å². The van der Waals surface area contributed by atoms with Gasteiger partial charge in [-0.1, -0.05) is 11.6 Å². The maximum Gasteiger partial charge on any atom is 0.331 e. The Morgan fingerprint density at radius 2 is 2.04 bits per heavy atom. The zero-order chi connectivity index (χ0) is 18.3. The third-order valence-corrected chi connectivity index (χ3v) is 6.27. The van der Waals surface area contributed by atoms with Crippen molar-refractivity contribution in [2.75, 3.05) is 7.11 Å². The molecule has 0 aromatic rings. The molecule has 2 heterocycles. The van der Waals surface area contributed by atoms with E-state index in [1.54, 1.807) is 13.2 Å². The van der Waals surface area contributed by atoms with Crippen LogP contribution in [-0.2, 0) is 23.8 Å². The second-order valence-corrected chi connectivity index (χ2v) is 8.29. The van der Waals surface area contributed by atoms with Crippen molar-refractivity contribution in [2.45, 2.75) is 62.9 Å². The predicted molar refractivity (Wildman–Crippen MR) is 90.8 cm³/mol. The minimum atomic E-state index is -1.25. The summed E-state index contributed by atoms with van der Waals surface area (Å²) in [5, 5.41) is 0. The standard InChI is InChI=1S/C20H24O5/c1-12(2)8-9-19-16(22)18(23-5)10-13-6-7-15(21)24-20(13,19)14(11-18)17(3,4)25-19/h6-8,10,14H,9,11H2,1-5H3/t14-,18-,19?,20+/m0/s1. The van der Waals surface area contributed by atoms with E-state index < -0.39 is 28.4 Å². The highest BCUT2D eigenvalue weighted by atomic mass is 16.6. The van der Waals surface area contributed by atoms with Crippen molar-refractivity contribution in [3.05, 3.63) is 35.5 Å². The molecular formula is C20H24O5. The smallest absolute Gasteiger partial charge is 0.331 e. The van der Waals surface area contributed by atoms with Crippen LogP contribution in [0.3, 0.4) is 0 Å². The van der Waals surface area contributed by atoms with Gasteiger partial charge in [-0.15, -0.1) is 0 Å². The summed E-state index contributed by atoms with van der Waals surface area (Å²) in [6.07, 6.45) is 7.81. The number of ketones is 1. The van der Waals surface area contributed by atoms with Crippen LogP contribution in [0.25, 0.3) is 0 Å². The molecule has 1 unspecified atom stereocenters. The maximum atomic E-state index is 13.6. The first kappa shape index (κ1) is 16.7. The van der Waals surface area contributed by atoms with Gasteiger partial charge >= 0.3 is 5.97 Å². The quantitative estimate of drug-likeness (QED) is 0.582. The van der Waals surface area contributed by atoms with E-state index in [4.69, 9.17) is 14.2 Å². The van der Waals surface area contributed by atoms with Crippen molar-refractivity contribution in [3.8, 4) is 0 Å². The number of methoxy groups -OCH3 is 1. The topological polar surface area (TPSA) is 61.8 Å². The number of ether oxygens (including phenoxy) is 3. The van der Waals surface area contributed by atoms with Gasteiger partial charge in [-0.05, 0) is 51.8 Å². The zero-order valence-electron chi connectivity index (χ0n) is 15.3. The molecule has 0 amide bonds. The molecule has 5 heteroatoms. The Morgan fingerprint density at radius 1 is 1.32 bits per heavy atom. The van der Waals surface area contributed by atoms with Crippen LogP contribution in [0.1, 0.15) is 40.5 Å². The SMILES string of the molecule is CO[C@@]12C=C3C=CC(=O)O[C@@]34[C@@H](C1)C(C)(C)OC4(CC=C(C)C)C2=O. The molecule has 3 aliphatic carbocycles. The number of hydrogen-bond donors (Lipinski definition) is 0. The van der Waals surface area contributed by atoms with Crippen LogP contribution in [0, 0.1) is 5.92 Å². The highest BCUT2D eigenvalue weighted by Gasteiger charge is 2.83. The Hall–Kier alpha value is -1.72. The van der Waals surface area contributed by atoms with E-state index in [0.29, 0.717) is 12.8 Å². The van der Waals surface area contributed by atoms with Gasteiger partial charge < -0.3 is 14.2 Å². The lowest BCUT2D eigenvalue weighted by Gasteiger charge is -2.58. The van der Waals surface area contributed by atoms with Crippen LogP contribution in [-0.4, -0.2) is 41.3 Å². The predicted octanol–water partition coefficient (Wildman–Crippen LogP) is 2.66. The lowest BCUT2D eigenvalue weighted by molar-refractivity contribution is -0.206. The molecule has 5 nitrogen and oxygen atoms in total. The minimum absolute atomic E-state index is 0.145. The van der Waals surface area contributed by atoms with Crippen LogP contribution in [0.4, 0.5) is 0 Å². The van der Waals surface area contributed by atoms with E-state index in [9.17, 15) is 9.59 Å². The van der Waals surface area contributed by atoms with Gasteiger partial charge in [0.05, 0.1) is 5.60 Å². The van der Waals surface area contributed by atoms with Gasteiger partial charge in [-0.3, -0.25) is 4.79 Å². The molecule has 0 aromatic heterocycles. The summed E-state index contributed by atoms with van der Waals surface area (Å²) in [5.41, 5.74) is -2.07. The van der Waals surface area contributed by atoms with Crippen LogP contribution < -0.4 is 0 Å². The van der Waals surface area contributed by atoms with Gasteiger partial charge in [0.2, 0.25) is 5.78 Å². The second kappa shape index (κ2) is 4.71. The van der Waals surface area contributed by atoms with E-state index in [0.717, 1.165) is 11.1 Å². The monoisotopic (exact) mass is 344 g/mol. The molecule has 0 aromatic carbocycles. The Labute approximate surface area is 147 Å². The molecule has 5 aliphatic rings. The third kappa shape index (κ3) is 1.75. The number of allylic oxidation sites excluding steroid dienone is 1. The van der Waals surface area contributed by atoms with Crippen molar-refractivity contribution in [3.63, 3.8) is 0 Å². The summed E-state index contributed by atoms with van der Waals surface area (Å²) in [4.78, 5) is 25.9. The molecule has 1 spiro atoms. The maximum absolute atomic E-state index is 13.6. The average molecular weight is 344 g/mol. The number of Topliss-reactive ketones (excluding diaryl/α,β-unsaturated/α-hetero) is 1. The van der Waals surface area contributed by atoms with Crippen molar-refractivity contribution in [2.24, 2.45) is 5.92 Å². The fraction of sp³-hybridized carbons (Fsp3) is 0.600. The van der Waals surface area contributed by atoms with E-state index >= 15 is 0 Å². The first-order valence-electron chi connectivity index (χ1n) is 8.71. The van der Waals surface area contributed by atoms with Gasteiger partial charge in [0.25, 0.3) is 0 Å². The van der Waals surface area contributed by atoms with Crippen LogP contribution in [0.2, 0.25) is 0 Å². The summed E-state index contributed by atoms with van der Waals surface area (Å²) in [7, 11) is 1.56. The van der Waals surface area contributed by atoms with Crippen LogP contribution >= 0.6 is 0 Å². The molecule has 2 fully saturated rings. The molecule has 2 aliphatic heterocycles. The van der Waals surface area contributed by atoms with Crippen LogP contribution in [0.5, 0.6) is 0 Å². The van der Waals surface area contributed by atoms with Crippen molar-refractivity contribution in [1.29, 1.82) is 0 Å². The molecule has 134 valence electrons. The highest BCUT2D eigenvalue weighted by molar-refractivity contribution is 6.04. The molecule has 5 rings (SSSR count). The number of hydrogen-bond acceptors (Lipinski definition) is 5. The number of rotatable bonds is 3. The highest BCUT2D eigenvalue weighted by Crippen LogP contribution is 2.68. The van der Waals surface area contributed by atoms with Gasteiger partial charge in [0.15, 0.2) is 11.2 Å². The average Bonchev–Trinajstić information content (AvgIpc) is 2.70. The Balaban J connectivity index is 2.04. The number of carbonyl (C=O) groups excluding carboxylic acids is 2. The molecular weight excluding hydrogens is 320 g/mol. The molecule has 1 saturated heterocycles. The molecule has 4 bridgehead atoms. The van der Waals surface area contributed by atoms with Crippen LogP contribution in [0.15, 0.2) is 35.5 Å². The zero-order valence-corrected chi connectivity index (χ0v) is 15.3. The molecule has 0 N–H and O–H groups in total. The Kier molecular flexibility index (Phi) is 3.15. The summed E-state index contributed by atoms with van der Waals surface area (Å²) in [6.45, 7) is 7.90. The van der Waals surface area contributed by atoms with Gasteiger partial charge in [-0.2, -0.15) is 0 Å². The summed E-state index contributed by atoms with van der Waals surface area (Å²) >= 11 is 0. The normalized spacial score (nSPS) is 42.8. The van der Waals surface area contributed by atoms with E-state index in [1.807, 2.05) is 39.8 Å². The number of carbonyl (C=O) groups is 2. The molecule has 0 radical (unpaired) electrons. The lowest BCUT2D eigenvalue weighted by atomic mass is 9.50. The molecule has 25 heavy (non-hydrogen) atoms. The third-order valence-electron chi connectivity index (χ3n) is 6.27. The van der Waals surface area contributed by atoms with Gasteiger partial charge in [-0.25, -0.2) is 4.79 Å². The minimum Gasteiger partial charge on any atom is -0.447 e. The first-order chi connectivity index (χ1) is 11.6. The largest absolute Gasteiger partial charge is 0.447 e. The Bertz CT molecular complexity index is 769. The first-order valence-corrected chi connectivity index (χ1v) is 8.71. The van der Waals surface area contributed by atoms with Crippen molar-refractivity contribution < 1.29 is 23.8 Å². The molecule has 1 saturated carbocycles. The fourth-order valence-electron chi connectivity index (χ4n) is 5.23.